The largest absolute Gasteiger partial charge is 0.342 e. The lowest BCUT2D eigenvalue weighted by molar-refractivity contribution is -0.113. The Morgan fingerprint density at radius 2 is 1.79 bits per heavy atom. The quantitative estimate of drug-likeness (QED) is 0.350. The van der Waals surface area contributed by atoms with Crippen LogP contribution in [0.2, 0.25) is 10.0 Å². The minimum absolute atomic E-state index is 0.0805. The summed E-state index contributed by atoms with van der Waals surface area (Å²) >= 11 is 13.3. The molecule has 0 fully saturated rings. The molecule has 0 saturated carbocycles. The van der Waals surface area contributed by atoms with Gasteiger partial charge in [-0.1, -0.05) is 66.5 Å². The fourth-order valence-electron chi connectivity index (χ4n) is 3.43. The molecule has 0 aliphatic rings. The maximum Gasteiger partial charge on any atom is 0.251 e. The van der Waals surface area contributed by atoms with E-state index >= 15 is 0 Å². The fourth-order valence-corrected chi connectivity index (χ4v) is 4.76. The molecule has 1 aromatic heterocycles. The molecule has 3 aromatic rings. The third kappa shape index (κ3) is 6.74. The van der Waals surface area contributed by atoms with Crippen LogP contribution < -0.4 is 10.6 Å². The van der Waals surface area contributed by atoms with Crippen LogP contribution in [0.1, 0.15) is 48.6 Å². The Labute approximate surface area is 213 Å². The molecule has 7 nitrogen and oxygen atoms in total. The molecule has 0 bridgehead atoms. The predicted octanol–water partition coefficient (Wildman–Crippen LogP) is 5.77. The molecule has 2 amide bonds. The number of carbonyl (C=O) groups excluding carboxylic acids is 2. The Morgan fingerprint density at radius 1 is 1.09 bits per heavy atom. The first-order valence-electron chi connectivity index (χ1n) is 10.9. The molecule has 2 N–H and O–H groups in total. The van der Waals surface area contributed by atoms with Crippen molar-refractivity contribution in [3.8, 4) is 0 Å². The summed E-state index contributed by atoms with van der Waals surface area (Å²) in [7, 11) is 0. The number of rotatable bonds is 9. The second kappa shape index (κ2) is 11.7. The Kier molecular flexibility index (Phi) is 8.99. The van der Waals surface area contributed by atoms with Crippen LogP contribution >= 0.6 is 35.0 Å². The Morgan fingerprint density at radius 3 is 2.41 bits per heavy atom. The predicted molar refractivity (Wildman–Crippen MR) is 138 cm³/mol. The van der Waals surface area contributed by atoms with Crippen LogP contribution in [0, 0.1) is 12.8 Å². The van der Waals surface area contributed by atoms with Gasteiger partial charge in [0.15, 0.2) is 11.0 Å². The number of nitrogens with one attached hydrogen (secondary N) is 2. The Hall–Kier alpha value is -2.55. The number of carbonyl (C=O) groups is 2. The number of benzene rings is 2. The van der Waals surface area contributed by atoms with E-state index in [2.05, 4.69) is 20.8 Å². The first-order valence-corrected chi connectivity index (χ1v) is 12.6. The second-order valence-corrected chi connectivity index (χ2v) is 9.96. The summed E-state index contributed by atoms with van der Waals surface area (Å²) in [5.74, 6) is 0.482. The minimum Gasteiger partial charge on any atom is -0.342 e. The summed E-state index contributed by atoms with van der Waals surface area (Å²) < 4.78 is 1.93. The van der Waals surface area contributed by atoms with Crippen LogP contribution in [0.4, 0.5) is 5.69 Å². The van der Waals surface area contributed by atoms with Crippen molar-refractivity contribution < 1.29 is 9.59 Å². The summed E-state index contributed by atoms with van der Waals surface area (Å²) in [5.41, 5.74) is 2.14. The average molecular weight is 520 g/mol. The maximum absolute atomic E-state index is 12.9. The van der Waals surface area contributed by atoms with E-state index in [4.69, 9.17) is 23.2 Å². The monoisotopic (exact) mass is 519 g/mol. The van der Waals surface area contributed by atoms with E-state index in [-0.39, 0.29) is 29.5 Å². The zero-order valence-electron chi connectivity index (χ0n) is 19.4. The Balaban J connectivity index is 1.72. The lowest BCUT2D eigenvalue weighted by Crippen LogP contribution is -2.33. The number of hydrogen-bond acceptors (Lipinski definition) is 5. The van der Waals surface area contributed by atoms with Crippen molar-refractivity contribution in [3.05, 3.63) is 69.5 Å². The summed E-state index contributed by atoms with van der Waals surface area (Å²) in [4.78, 5) is 25.3. The van der Waals surface area contributed by atoms with Crippen molar-refractivity contribution in [1.82, 2.24) is 20.1 Å². The highest BCUT2D eigenvalue weighted by atomic mass is 35.5. The van der Waals surface area contributed by atoms with Crippen molar-refractivity contribution in [2.75, 3.05) is 11.1 Å². The van der Waals surface area contributed by atoms with Gasteiger partial charge in [0.25, 0.3) is 5.91 Å². The second-order valence-electron chi connectivity index (χ2n) is 8.14. The van der Waals surface area contributed by atoms with Crippen molar-refractivity contribution in [2.45, 2.75) is 45.4 Å². The molecule has 0 aliphatic heterocycles. The number of thioether (sulfide) groups is 1. The number of aryl methyl sites for hydroxylation is 1. The summed E-state index contributed by atoms with van der Waals surface area (Å²) in [6.45, 7) is 8.56. The smallest absolute Gasteiger partial charge is 0.251 e. The molecule has 2 aromatic carbocycles. The highest BCUT2D eigenvalue weighted by molar-refractivity contribution is 7.99. The SMILES string of the molecule is CCn1c(SCC(=O)Nc2cc(Cl)cc(Cl)c2)nnc1[C@H](NC(=O)c1cccc(C)c1)C(C)C. The third-order valence-electron chi connectivity index (χ3n) is 5.05. The van der Waals surface area contributed by atoms with Crippen LogP contribution in [-0.4, -0.2) is 32.3 Å². The summed E-state index contributed by atoms with van der Waals surface area (Å²) in [5, 5.41) is 16.0. The topological polar surface area (TPSA) is 88.9 Å². The van der Waals surface area contributed by atoms with Gasteiger partial charge in [0.1, 0.15) is 0 Å². The lowest BCUT2D eigenvalue weighted by atomic mass is 10.0. The van der Waals surface area contributed by atoms with E-state index < -0.39 is 0 Å². The molecule has 180 valence electrons. The molecule has 0 radical (unpaired) electrons. The van der Waals surface area contributed by atoms with E-state index in [0.29, 0.717) is 38.8 Å². The van der Waals surface area contributed by atoms with Gasteiger partial charge in [-0.3, -0.25) is 9.59 Å². The van der Waals surface area contributed by atoms with Crippen molar-refractivity contribution in [2.24, 2.45) is 5.92 Å². The number of halogens is 2. The molecule has 0 unspecified atom stereocenters. The van der Waals surface area contributed by atoms with Gasteiger partial charge in [-0.25, -0.2) is 0 Å². The van der Waals surface area contributed by atoms with Gasteiger partial charge in [-0.2, -0.15) is 0 Å². The van der Waals surface area contributed by atoms with Gasteiger partial charge in [0.2, 0.25) is 5.91 Å². The summed E-state index contributed by atoms with van der Waals surface area (Å²) in [6.07, 6.45) is 0. The van der Waals surface area contributed by atoms with Gasteiger partial charge in [0.05, 0.1) is 11.8 Å². The van der Waals surface area contributed by atoms with Gasteiger partial charge < -0.3 is 15.2 Å². The minimum atomic E-state index is -0.336. The molecule has 1 atom stereocenters. The molecule has 34 heavy (non-hydrogen) atoms. The number of nitrogens with zero attached hydrogens (tertiary/aromatic N) is 3. The zero-order chi connectivity index (χ0) is 24.8. The standard InChI is InChI=1S/C24H27Cl2N5O2S/c1-5-31-22(21(14(2)3)28-23(33)16-8-6-7-15(4)9-16)29-30-24(31)34-13-20(32)27-19-11-17(25)10-18(26)12-19/h6-12,14,21H,5,13H2,1-4H3,(H,27,32)(H,28,33)/t21-/m1/s1. The number of amides is 2. The first kappa shape index (κ1) is 26.1. The summed E-state index contributed by atoms with van der Waals surface area (Å²) in [6, 6.07) is 12.0. The van der Waals surface area contributed by atoms with E-state index in [0.717, 1.165) is 5.56 Å². The third-order valence-corrected chi connectivity index (χ3v) is 6.46. The zero-order valence-corrected chi connectivity index (χ0v) is 21.8. The van der Waals surface area contributed by atoms with Crippen LogP contribution in [0.15, 0.2) is 47.6 Å². The molecule has 3 rings (SSSR count). The number of anilines is 1. The molecular formula is C24H27Cl2N5O2S. The van der Waals surface area contributed by atoms with E-state index in [1.807, 2.05) is 50.5 Å². The molecule has 10 heteroatoms. The maximum atomic E-state index is 12.9. The van der Waals surface area contributed by atoms with E-state index in [9.17, 15) is 9.59 Å². The number of aromatic nitrogens is 3. The average Bonchev–Trinajstić information content (AvgIpc) is 3.17. The first-order chi connectivity index (χ1) is 16.2. The van der Waals surface area contributed by atoms with Crippen molar-refractivity contribution in [1.29, 1.82) is 0 Å². The molecule has 0 aliphatic carbocycles. The van der Waals surface area contributed by atoms with Crippen LogP contribution in [0.3, 0.4) is 0 Å². The molecular weight excluding hydrogens is 493 g/mol. The lowest BCUT2D eigenvalue weighted by Gasteiger charge is -2.22. The normalized spacial score (nSPS) is 12.0. The van der Waals surface area contributed by atoms with Crippen molar-refractivity contribution >= 4 is 52.5 Å². The molecule has 0 saturated heterocycles. The molecule has 1 heterocycles. The van der Waals surface area contributed by atoms with Crippen LogP contribution in [0.25, 0.3) is 0 Å². The fraction of sp³-hybridized carbons (Fsp3) is 0.333. The van der Waals surface area contributed by atoms with Crippen molar-refractivity contribution in [3.63, 3.8) is 0 Å². The van der Waals surface area contributed by atoms with Gasteiger partial charge >= 0.3 is 0 Å². The van der Waals surface area contributed by atoms with Crippen LogP contribution in [-0.2, 0) is 11.3 Å². The van der Waals surface area contributed by atoms with Gasteiger partial charge in [0, 0.05) is 27.8 Å². The Bertz CT molecular complexity index is 1160. The molecule has 0 spiro atoms. The number of hydrogen-bond donors (Lipinski definition) is 2. The highest BCUT2D eigenvalue weighted by Gasteiger charge is 2.26. The van der Waals surface area contributed by atoms with Gasteiger partial charge in [-0.15, -0.1) is 10.2 Å². The highest BCUT2D eigenvalue weighted by Crippen LogP contribution is 2.26. The van der Waals surface area contributed by atoms with Gasteiger partial charge in [-0.05, 0) is 50.1 Å². The van der Waals surface area contributed by atoms with E-state index in [1.54, 1.807) is 24.3 Å². The van der Waals surface area contributed by atoms with Crippen LogP contribution in [0.5, 0.6) is 0 Å². The van der Waals surface area contributed by atoms with E-state index in [1.165, 1.54) is 11.8 Å².